The first kappa shape index (κ1) is 12.3. The summed E-state index contributed by atoms with van der Waals surface area (Å²) < 4.78 is 10.3. The van der Waals surface area contributed by atoms with E-state index < -0.39 is 0 Å². The van der Waals surface area contributed by atoms with Gasteiger partial charge in [-0.2, -0.15) is 0 Å². The Morgan fingerprint density at radius 3 is 2.83 bits per heavy atom. The van der Waals surface area contributed by atoms with Gasteiger partial charge in [0.05, 0.1) is 17.8 Å². The van der Waals surface area contributed by atoms with Crippen LogP contribution >= 0.6 is 0 Å². The molecule has 0 unspecified atom stereocenters. The average molecular weight is 248 g/mol. The number of methoxy groups -OCH3 is 1. The fraction of sp³-hybridized carbons (Fsp3) is 0.250. The van der Waals surface area contributed by atoms with Crippen molar-refractivity contribution in [2.45, 2.75) is 0 Å². The van der Waals surface area contributed by atoms with Crippen LogP contribution in [0.1, 0.15) is 10.5 Å². The highest BCUT2D eigenvalue weighted by molar-refractivity contribution is 5.95. The molecule has 0 bridgehead atoms. The van der Waals surface area contributed by atoms with E-state index in [9.17, 15) is 9.70 Å². The predicted molar refractivity (Wildman–Crippen MR) is 66.5 cm³/mol. The molecule has 1 aromatic carbocycles. The molecule has 6 nitrogen and oxygen atoms in total. The number of hydrogen-bond donors (Lipinski definition) is 1. The molecule has 0 saturated heterocycles. The first-order valence-electron chi connectivity index (χ1n) is 5.35. The Morgan fingerprint density at radius 2 is 2.17 bits per heavy atom. The zero-order chi connectivity index (χ0) is 13.0. The summed E-state index contributed by atoms with van der Waals surface area (Å²) in [5.74, 6) is 0.519. The number of carbonyl (C=O) groups is 1. The number of hydrogen-bond acceptors (Lipinski definition) is 5. The molecular weight excluding hydrogens is 236 g/mol. The summed E-state index contributed by atoms with van der Waals surface area (Å²) in [6.45, 7) is 0.833. The van der Waals surface area contributed by atoms with E-state index in [1.807, 2.05) is 0 Å². The van der Waals surface area contributed by atoms with E-state index in [2.05, 4.69) is 10.2 Å². The molecule has 2 aromatic rings. The third kappa shape index (κ3) is 2.38. The second kappa shape index (κ2) is 5.42. The van der Waals surface area contributed by atoms with Crippen LogP contribution in [0.3, 0.4) is 0 Å². The number of carbonyl (C=O) groups excluding carboxylic acids is 1. The van der Waals surface area contributed by atoms with Gasteiger partial charge in [-0.1, -0.05) is 0 Å². The number of aldehydes is 1. The maximum atomic E-state index is 10.8. The van der Waals surface area contributed by atoms with Crippen molar-refractivity contribution < 1.29 is 14.3 Å². The van der Waals surface area contributed by atoms with Gasteiger partial charge >= 0.3 is 0 Å². The van der Waals surface area contributed by atoms with E-state index >= 15 is 0 Å². The average Bonchev–Trinajstić information content (AvgIpc) is 2.81. The SMILES string of the molecule is COCCOc1cc(N=O)c2[nH]c(C=O)cc2c1. The number of benzene rings is 1. The first-order valence-corrected chi connectivity index (χ1v) is 5.35. The van der Waals surface area contributed by atoms with Gasteiger partial charge in [0.1, 0.15) is 18.0 Å². The van der Waals surface area contributed by atoms with Crippen LogP contribution in [0.4, 0.5) is 5.69 Å². The Labute approximate surface area is 103 Å². The third-order valence-corrected chi connectivity index (χ3v) is 2.48. The highest BCUT2D eigenvalue weighted by Gasteiger charge is 2.09. The molecule has 0 fully saturated rings. The molecule has 0 aliphatic rings. The molecule has 1 aromatic heterocycles. The molecule has 0 amide bonds. The maximum absolute atomic E-state index is 10.8. The molecule has 1 heterocycles. The molecule has 0 atom stereocenters. The van der Waals surface area contributed by atoms with E-state index in [-0.39, 0.29) is 5.69 Å². The monoisotopic (exact) mass is 248 g/mol. The lowest BCUT2D eigenvalue weighted by molar-refractivity contribution is 0.112. The number of nitroso groups, excluding NO2 is 1. The summed E-state index contributed by atoms with van der Waals surface area (Å²) in [6, 6.07) is 4.90. The number of aromatic amines is 1. The standard InChI is InChI=1S/C12H12N2O4/c1-17-2-3-18-10-5-8-4-9(7-15)13-12(8)11(6-10)14-16/h4-7,13H,2-3H2,1H3. The van der Waals surface area contributed by atoms with E-state index in [1.165, 1.54) is 6.07 Å². The van der Waals surface area contributed by atoms with E-state index in [1.54, 1.807) is 19.2 Å². The number of aromatic nitrogens is 1. The van der Waals surface area contributed by atoms with Gasteiger partial charge in [0, 0.05) is 18.6 Å². The van der Waals surface area contributed by atoms with Crippen LogP contribution in [0.2, 0.25) is 0 Å². The fourth-order valence-corrected chi connectivity index (χ4v) is 1.68. The molecule has 6 heteroatoms. The number of ether oxygens (including phenoxy) is 2. The lowest BCUT2D eigenvalue weighted by atomic mass is 10.2. The fourth-order valence-electron chi connectivity index (χ4n) is 1.68. The van der Waals surface area contributed by atoms with Crippen molar-refractivity contribution >= 4 is 22.9 Å². The minimum absolute atomic E-state index is 0.216. The second-order valence-electron chi connectivity index (χ2n) is 3.68. The van der Waals surface area contributed by atoms with Crippen LogP contribution in [0.5, 0.6) is 5.75 Å². The maximum Gasteiger partial charge on any atom is 0.166 e. The number of nitrogens with one attached hydrogen (secondary N) is 1. The summed E-state index contributed by atoms with van der Waals surface area (Å²) in [5.41, 5.74) is 1.14. The summed E-state index contributed by atoms with van der Waals surface area (Å²) >= 11 is 0. The molecule has 0 radical (unpaired) electrons. The van der Waals surface area contributed by atoms with Crippen molar-refractivity contribution in [2.24, 2.45) is 5.18 Å². The van der Waals surface area contributed by atoms with Crippen molar-refractivity contribution in [3.63, 3.8) is 0 Å². The summed E-state index contributed by atoms with van der Waals surface area (Å²) in [6.07, 6.45) is 0.681. The topological polar surface area (TPSA) is 80.8 Å². The minimum Gasteiger partial charge on any atom is -0.491 e. The number of fused-ring (bicyclic) bond motifs is 1. The van der Waals surface area contributed by atoms with Gasteiger partial charge in [0.15, 0.2) is 6.29 Å². The molecule has 18 heavy (non-hydrogen) atoms. The Kier molecular flexibility index (Phi) is 3.69. The number of rotatable bonds is 6. The van der Waals surface area contributed by atoms with Crippen molar-refractivity contribution in [1.82, 2.24) is 4.98 Å². The van der Waals surface area contributed by atoms with Gasteiger partial charge < -0.3 is 14.5 Å². The quantitative estimate of drug-likeness (QED) is 0.483. The Balaban J connectivity index is 2.38. The molecule has 1 N–H and O–H groups in total. The molecule has 0 aliphatic heterocycles. The van der Waals surface area contributed by atoms with Gasteiger partial charge in [-0.05, 0) is 17.3 Å². The lowest BCUT2D eigenvalue weighted by Gasteiger charge is -2.06. The summed E-state index contributed by atoms with van der Waals surface area (Å²) in [4.78, 5) is 24.3. The van der Waals surface area contributed by atoms with E-state index in [0.717, 1.165) is 0 Å². The third-order valence-electron chi connectivity index (χ3n) is 2.48. The van der Waals surface area contributed by atoms with Crippen LogP contribution in [-0.4, -0.2) is 31.6 Å². The largest absolute Gasteiger partial charge is 0.491 e. The van der Waals surface area contributed by atoms with Crippen LogP contribution in [-0.2, 0) is 4.74 Å². The molecule has 0 saturated carbocycles. The normalized spacial score (nSPS) is 10.5. The van der Waals surface area contributed by atoms with Crippen molar-refractivity contribution in [1.29, 1.82) is 0 Å². The zero-order valence-electron chi connectivity index (χ0n) is 9.80. The lowest BCUT2D eigenvalue weighted by Crippen LogP contribution is -2.03. The second-order valence-corrected chi connectivity index (χ2v) is 3.68. The van der Waals surface area contributed by atoms with Gasteiger partial charge in [-0.3, -0.25) is 4.79 Å². The molecule has 0 spiro atoms. The van der Waals surface area contributed by atoms with E-state index in [0.29, 0.717) is 41.8 Å². The molecule has 2 rings (SSSR count). The Bertz CT molecular complexity index is 577. The molecular formula is C12H12N2O4. The zero-order valence-corrected chi connectivity index (χ0v) is 9.80. The molecule has 94 valence electrons. The predicted octanol–water partition coefficient (Wildman–Crippen LogP) is 2.40. The highest BCUT2D eigenvalue weighted by atomic mass is 16.5. The Morgan fingerprint density at radius 1 is 1.33 bits per heavy atom. The summed E-state index contributed by atoms with van der Waals surface area (Å²) in [5, 5.41) is 3.64. The van der Waals surface area contributed by atoms with Gasteiger partial charge in [0.25, 0.3) is 0 Å². The van der Waals surface area contributed by atoms with Crippen LogP contribution in [0, 0.1) is 4.91 Å². The van der Waals surface area contributed by atoms with Crippen molar-refractivity contribution in [2.75, 3.05) is 20.3 Å². The highest BCUT2D eigenvalue weighted by Crippen LogP contribution is 2.31. The van der Waals surface area contributed by atoms with E-state index in [4.69, 9.17) is 9.47 Å². The molecule has 0 aliphatic carbocycles. The Hall–Kier alpha value is -2.21. The summed E-state index contributed by atoms with van der Waals surface area (Å²) in [7, 11) is 1.58. The number of H-pyrrole nitrogens is 1. The van der Waals surface area contributed by atoms with Crippen LogP contribution in [0.15, 0.2) is 23.4 Å². The van der Waals surface area contributed by atoms with Gasteiger partial charge in [0.2, 0.25) is 0 Å². The van der Waals surface area contributed by atoms with Crippen LogP contribution in [0.25, 0.3) is 10.9 Å². The van der Waals surface area contributed by atoms with Crippen molar-refractivity contribution in [3.8, 4) is 5.75 Å². The number of nitrogens with zero attached hydrogens (tertiary/aromatic N) is 1. The van der Waals surface area contributed by atoms with Crippen molar-refractivity contribution in [3.05, 3.63) is 28.8 Å². The van der Waals surface area contributed by atoms with Gasteiger partial charge in [-0.25, -0.2) is 0 Å². The first-order chi connectivity index (χ1) is 8.78. The minimum atomic E-state index is 0.216. The smallest absolute Gasteiger partial charge is 0.166 e. The van der Waals surface area contributed by atoms with Crippen LogP contribution < -0.4 is 4.74 Å². The van der Waals surface area contributed by atoms with Gasteiger partial charge in [-0.15, -0.1) is 4.91 Å².